The van der Waals surface area contributed by atoms with E-state index in [4.69, 9.17) is 0 Å². The summed E-state index contributed by atoms with van der Waals surface area (Å²) in [4.78, 5) is 0. The van der Waals surface area contributed by atoms with Crippen LogP contribution in [0.2, 0.25) is 0 Å². The Morgan fingerprint density at radius 2 is 1.89 bits per heavy atom. The van der Waals surface area contributed by atoms with E-state index in [1.807, 2.05) is 12.1 Å². The van der Waals surface area contributed by atoms with E-state index in [0.717, 1.165) is 24.8 Å². The largest absolute Gasteiger partial charge is 0.313 e. The normalized spacial score (nSPS) is 28.3. The predicted molar refractivity (Wildman–Crippen MR) is 74.1 cm³/mol. The molecule has 1 fully saturated rings. The number of halogens is 1. The van der Waals surface area contributed by atoms with Crippen molar-refractivity contribution in [2.24, 2.45) is 11.8 Å². The van der Waals surface area contributed by atoms with Crippen LogP contribution in [0.4, 0.5) is 4.39 Å². The van der Waals surface area contributed by atoms with Gasteiger partial charge in [0.2, 0.25) is 0 Å². The van der Waals surface area contributed by atoms with Gasteiger partial charge in [0.1, 0.15) is 5.82 Å². The molecule has 0 radical (unpaired) electrons. The van der Waals surface area contributed by atoms with E-state index in [1.54, 1.807) is 12.1 Å². The third-order valence-electron chi connectivity index (χ3n) is 4.44. The number of nitrogens with one attached hydrogen (secondary N) is 1. The Hall–Kier alpha value is -0.890. The molecule has 1 aliphatic carbocycles. The second kappa shape index (κ2) is 6.33. The molecule has 0 aliphatic heterocycles. The smallest absolute Gasteiger partial charge is 0.123 e. The third-order valence-corrected chi connectivity index (χ3v) is 4.44. The fraction of sp³-hybridized carbons (Fsp3) is 0.625. The van der Waals surface area contributed by atoms with Gasteiger partial charge < -0.3 is 5.32 Å². The fourth-order valence-corrected chi connectivity index (χ4v) is 2.92. The molecule has 3 unspecified atom stereocenters. The van der Waals surface area contributed by atoms with Crippen molar-refractivity contribution in [3.8, 4) is 0 Å². The van der Waals surface area contributed by atoms with Gasteiger partial charge in [0.25, 0.3) is 0 Å². The second-order valence-electron chi connectivity index (χ2n) is 5.70. The van der Waals surface area contributed by atoms with Crippen molar-refractivity contribution in [1.82, 2.24) is 5.32 Å². The number of rotatable bonds is 4. The van der Waals surface area contributed by atoms with Crippen LogP contribution in [-0.2, 0) is 6.42 Å². The van der Waals surface area contributed by atoms with Gasteiger partial charge in [0.05, 0.1) is 0 Å². The van der Waals surface area contributed by atoms with Gasteiger partial charge in [-0.2, -0.15) is 0 Å². The lowest BCUT2D eigenvalue weighted by Crippen LogP contribution is -2.41. The van der Waals surface area contributed by atoms with Crippen LogP contribution in [0.1, 0.15) is 38.7 Å². The van der Waals surface area contributed by atoms with Gasteiger partial charge in [-0.3, -0.25) is 0 Å². The van der Waals surface area contributed by atoms with Gasteiger partial charge in [0.15, 0.2) is 0 Å². The molecule has 100 valence electrons. The van der Waals surface area contributed by atoms with E-state index in [2.05, 4.69) is 19.2 Å². The summed E-state index contributed by atoms with van der Waals surface area (Å²) in [6.07, 6.45) is 5.00. The molecule has 18 heavy (non-hydrogen) atoms. The van der Waals surface area contributed by atoms with Crippen LogP contribution in [0.5, 0.6) is 0 Å². The molecular weight excluding hydrogens is 225 g/mol. The van der Waals surface area contributed by atoms with Crippen molar-refractivity contribution < 1.29 is 4.39 Å². The number of hydrogen-bond donors (Lipinski definition) is 1. The Kier molecular flexibility index (Phi) is 4.76. The zero-order valence-corrected chi connectivity index (χ0v) is 11.5. The molecule has 1 N–H and O–H groups in total. The van der Waals surface area contributed by atoms with Crippen LogP contribution in [0.15, 0.2) is 24.3 Å². The molecule has 0 bridgehead atoms. The average Bonchev–Trinajstić information content (AvgIpc) is 2.37. The summed E-state index contributed by atoms with van der Waals surface area (Å²) in [5.41, 5.74) is 1.21. The molecular formula is C16H24FN. The molecule has 0 aromatic heterocycles. The minimum Gasteiger partial charge on any atom is -0.313 e. The zero-order valence-electron chi connectivity index (χ0n) is 11.5. The lowest BCUT2D eigenvalue weighted by atomic mass is 9.78. The Morgan fingerprint density at radius 3 is 2.61 bits per heavy atom. The summed E-state index contributed by atoms with van der Waals surface area (Å²) in [7, 11) is 0. The first-order chi connectivity index (χ1) is 8.66. The molecule has 1 aromatic rings. The van der Waals surface area contributed by atoms with Crippen LogP contribution < -0.4 is 5.32 Å². The summed E-state index contributed by atoms with van der Waals surface area (Å²) in [6.45, 7) is 5.71. The maximum Gasteiger partial charge on any atom is 0.123 e. The van der Waals surface area contributed by atoms with Crippen molar-refractivity contribution in [2.45, 2.75) is 45.6 Å². The summed E-state index contributed by atoms with van der Waals surface area (Å²) in [5, 5.41) is 3.67. The zero-order chi connectivity index (χ0) is 13.0. The van der Waals surface area contributed by atoms with Crippen LogP contribution in [0.25, 0.3) is 0 Å². The summed E-state index contributed by atoms with van der Waals surface area (Å²) in [5.74, 6) is 1.45. The Bertz CT molecular complexity index is 360. The highest BCUT2D eigenvalue weighted by atomic mass is 19.1. The Labute approximate surface area is 110 Å². The minimum absolute atomic E-state index is 0.151. The maximum atomic E-state index is 12.8. The van der Waals surface area contributed by atoms with Crippen molar-refractivity contribution in [3.63, 3.8) is 0 Å². The molecule has 1 aromatic carbocycles. The average molecular weight is 249 g/mol. The first-order valence-electron chi connectivity index (χ1n) is 7.14. The van der Waals surface area contributed by atoms with E-state index in [9.17, 15) is 4.39 Å². The first kappa shape index (κ1) is 13.5. The Morgan fingerprint density at radius 1 is 1.17 bits per heavy atom. The molecule has 0 spiro atoms. The van der Waals surface area contributed by atoms with Crippen LogP contribution in [-0.4, -0.2) is 12.6 Å². The van der Waals surface area contributed by atoms with Gasteiger partial charge >= 0.3 is 0 Å². The highest BCUT2D eigenvalue weighted by Gasteiger charge is 2.26. The molecule has 1 aliphatic rings. The standard InChI is InChI=1S/C16H24FN/c1-12-4-3-5-16(13(12)2)18-11-10-14-6-8-15(17)9-7-14/h6-9,12-13,16,18H,3-5,10-11H2,1-2H3. The third kappa shape index (κ3) is 3.55. The number of benzene rings is 1. The molecule has 2 rings (SSSR count). The molecule has 2 heteroatoms. The van der Waals surface area contributed by atoms with Gasteiger partial charge in [-0.25, -0.2) is 4.39 Å². The highest BCUT2D eigenvalue weighted by molar-refractivity contribution is 5.16. The maximum absolute atomic E-state index is 12.8. The lowest BCUT2D eigenvalue weighted by Gasteiger charge is -2.34. The number of hydrogen-bond acceptors (Lipinski definition) is 1. The highest BCUT2D eigenvalue weighted by Crippen LogP contribution is 2.29. The van der Waals surface area contributed by atoms with Crippen molar-refractivity contribution in [1.29, 1.82) is 0 Å². The van der Waals surface area contributed by atoms with Crippen molar-refractivity contribution >= 4 is 0 Å². The van der Waals surface area contributed by atoms with Crippen LogP contribution in [0, 0.1) is 17.7 Å². The van der Waals surface area contributed by atoms with Gasteiger partial charge in [-0.1, -0.05) is 38.8 Å². The molecule has 0 heterocycles. The Balaban J connectivity index is 1.76. The summed E-state index contributed by atoms with van der Waals surface area (Å²) >= 11 is 0. The SMILES string of the molecule is CC1CCCC(NCCc2ccc(F)cc2)C1C. The summed E-state index contributed by atoms with van der Waals surface area (Å²) < 4.78 is 12.8. The van der Waals surface area contributed by atoms with Gasteiger partial charge in [-0.05, 0) is 48.9 Å². The van der Waals surface area contributed by atoms with Crippen LogP contribution >= 0.6 is 0 Å². The molecule has 0 amide bonds. The molecule has 1 nitrogen and oxygen atoms in total. The van der Waals surface area contributed by atoms with E-state index in [1.165, 1.54) is 24.8 Å². The minimum atomic E-state index is -0.151. The fourth-order valence-electron chi connectivity index (χ4n) is 2.92. The van der Waals surface area contributed by atoms with Crippen molar-refractivity contribution in [2.75, 3.05) is 6.54 Å². The van der Waals surface area contributed by atoms with E-state index in [0.29, 0.717) is 6.04 Å². The van der Waals surface area contributed by atoms with E-state index in [-0.39, 0.29) is 5.82 Å². The second-order valence-corrected chi connectivity index (χ2v) is 5.70. The van der Waals surface area contributed by atoms with Crippen molar-refractivity contribution in [3.05, 3.63) is 35.6 Å². The van der Waals surface area contributed by atoms with Crippen LogP contribution in [0.3, 0.4) is 0 Å². The van der Waals surface area contributed by atoms with Gasteiger partial charge in [0, 0.05) is 6.04 Å². The van der Waals surface area contributed by atoms with E-state index < -0.39 is 0 Å². The monoisotopic (exact) mass is 249 g/mol. The molecule has 3 atom stereocenters. The topological polar surface area (TPSA) is 12.0 Å². The van der Waals surface area contributed by atoms with E-state index >= 15 is 0 Å². The summed E-state index contributed by atoms with van der Waals surface area (Å²) in [6, 6.07) is 7.50. The lowest BCUT2D eigenvalue weighted by molar-refractivity contribution is 0.208. The predicted octanol–water partition coefficient (Wildman–Crippen LogP) is 3.78. The quantitative estimate of drug-likeness (QED) is 0.856. The van der Waals surface area contributed by atoms with Gasteiger partial charge in [-0.15, -0.1) is 0 Å². The molecule has 1 saturated carbocycles. The molecule has 0 saturated heterocycles. The first-order valence-corrected chi connectivity index (χ1v) is 7.14.